The Kier molecular flexibility index (Phi) is 23.0. The van der Waals surface area contributed by atoms with Crippen molar-refractivity contribution in [3.8, 4) is 23.0 Å². The molecule has 464 valence electrons. The van der Waals surface area contributed by atoms with Crippen LogP contribution in [0.4, 0.5) is 31.5 Å². The van der Waals surface area contributed by atoms with Crippen LogP contribution in [-0.2, 0) is 13.6 Å². The van der Waals surface area contributed by atoms with E-state index in [0.29, 0.717) is 39.1 Å². The van der Waals surface area contributed by atoms with E-state index in [0.717, 1.165) is 11.3 Å². The molecule has 4 atom stereocenters. The van der Waals surface area contributed by atoms with Gasteiger partial charge in [-0.15, -0.1) is 10.2 Å². The lowest BCUT2D eigenvalue weighted by Gasteiger charge is -2.40. The molecule has 4 aromatic carbocycles. The number of carbonyl (C=O) groups excluding carboxylic acids is 2. The molecule has 5 aromatic rings. The summed E-state index contributed by atoms with van der Waals surface area (Å²) in [6, 6.07) is 13.8. The molecule has 5 rings (SSSR count). The van der Waals surface area contributed by atoms with Gasteiger partial charge in [0.05, 0.1) is 35.4 Å². The van der Waals surface area contributed by atoms with E-state index in [9.17, 15) is 18.4 Å². The molecule has 0 aliphatic rings. The lowest BCUT2D eigenvalue weighted by atomic mass is 10.1. The van der Waals surface area contributed by atoms with Crippen molar-refractivity contribution in [1.29, 1.82) is 0 Å². The SMILES string of the molecule is [C-]#[N+]c1ccc(NC(C(=O)NNC(=O)c2ccc(F)c(O[Si](C)(C)C(C)(C)C)c2)[C@@H](C)O[Si](C)(C)C(C)(C)C)c(C)c1Cl.[C-]#[N+]c1ccc(NC(c2nnc(-c3ccc(F)c(O[Si](C)(C)C(C)(C)C)c3)o2)[C@@H](C)O[Si](C)(C)C(C)(C)C)c(C)c1Cl. The second-order valence-corrected chi connectivity index (χ2v) is 47.4. The molecule has 15 nitrogen and oxygen atoms in total. The summed E-state index contributed by atoms with van der Waals surface area (Å²) in [6.45, 7) is 64.1. The van der Waals surface area contributed by atoms with Crippen molar-refractivity contribution in [2.24, 2.45) is 0 Å². The van der Waals surface area contributed by atoms with Crippen LogP contribution in [0.3, 0.4) is 0 Å². The van der Waals surface area contributed by atoms with Crippen LogP contribution in [-0.4, -0.2) is 73.5 Å². The Morgan fingerprint density at radius 1 is 0.588 bits per heavy atom. The van der Waals surface area contributed by atoms with Gasteiger partial charge in [0.25, 0.3) is 28.4 Å². The minimum Gasteiger partial charge on any atom is -0.542 e. The fourth-order valence-corrected chi connectivity index (χ4v) is 12.7. The predicted molar refractivity (Wildman–Crippen MR) is 352 cm³/mol. The second-order valence-electron chi connectivity index (χ2n) is 27.7. The van der Waals surface area contributed by atoms with E-state index in [2.05, 4.69) is 143 Å². The minimum absolute atomic E-state index is 0.00304. The maximum atomic E-state index is 14.8. The molecule has 1 aromatic heterocycles. The molecule has 23 heteroatoms. The van der Waals surface area contributed by atoms with Gasteiger partial charge in [0.2, 0.25) is 23.2 Å². The number of benzene rings is 4. The number of anilines is 2. The summed E-state index contributed by atoms with van der Waals surface area (Å²) < 4.78 is 61.4. The summed E-state index contributed by atoms with van der Waals surface area (Å²) in [7, 11) is -9.13. The van der Waals surface area contributed by atoms with Crippen LogP contribution in [0.2, 0.25) is 82.6 Å². The van der Waals surface area contributed by atoms with Crippen molar-refractivity contribution in [1.82, 2.24) is 21.0 Å². The molecule has 0 aliphatic carbocycles. The zero-order valence-corrected chi connectivity index (χ0v) is 59.8. The van der Waals surface area contributed by atoms with Gasteiger partial charge in [0.1, 0.15) is 23.6 Å². The summed E-state index contributed by atoms with van der Waals surface area (Å²) >= 11 is 12.9. The summed E-state index contributed by atoms with van der Waals surface area (Å²) in [5.41, 5.74) is 8.94. The average molecular weight is 1280 g/mol. The summed E-state index contributed by atoms with van der Waals surface area (Å²) in [5.74, 6) is -1.45. The maximum Gasteiger partial charge on any atom is 0.269 e. The quantitative estimate of drug-likeness (QED) is 0.0375. The second kappa shape index (κ2) is 27.2. The molecule has 0 spiro atoms. The molecular formula is C62H90Cl2F2N8O7Si4. The molecule has 0 saturated heterocycles. The van der Waals surface area contributed by atoms with Crippen LogP contribution in [0.5, 0.6) is 11.5 Å². The number of rotatable bonds is 18. The van der Waals surface area contributed by atoms with Gasteiger partial charge in [0, 0.05) is 22.5 Å². The van der Waals surface area contributed by atoms with Crippen molar-refractivity contribution in [2.75, 3.05) is 10.6 Å². The third-order valence-corrected chi connectivity index (χ3v) is 35.9. The van der Waals surface area contributed by atoms with E-state index in [1.807, 2.05) is 53.8 Å². The Morgan fingerprint density at radius 3 is 1.46 bits per heavy atom. The number of halogens is 4. The van der Waals surface area contributed by atoms with Crippen LogP contribution in [0.25, 0.3) is 21.1 Å². The van der Waals surface area contributed by atoms with Gasteiger partial charge in [-0.1, -0.05) is 118 Å². The van der Waals surface area contributed by atoms with Crippen LogP contribution in [0, 0.1) is 38.6 Å². The van der Waals surface area contributed by atoms with E-state index in [4.69, 9.17) is 58.5 Å². The van der Waals surface area contributed by atoms with Gasteiger partial charge in [-0.3, -0.25) is 20.4 Å². The van der Waals surface area contributed by atoms with Crippen LogP contribution in [0.15, 0.2) is 65.1 Å². The third-order valence-electron chi connectivity index (χ3n) is 17.1. The van der Waals surface area contributed by atoms with Crippen molar-refractivity contribution < 1.29 is 40.5 Å². The lowest BCUT2D eigenvalue weighted by Crippen LogP contribution is -2.55. The summed E-state index contributed by atoms with van der Waals surface area (Å²) in [4.78, 5) is 33.6. The first-order valence-corrected chi connectivity index (χ1v) is 40.7. The van der Waals surface area contributed by atoms with Crippen molar-refractivity contribution in [2.45, 2.75) is 208 Å². The molecule has 0 aliphatic heterocycles. The minimum atomic E-state index is -2.37. The fraction of sp³-hybridized carbons (Fsp3) is 0.516. The topological polar surface area (TPSA) is 167 Å². The highest BCUT2D eigenvalue weighted by atomic mass is 35.5. The van der Waals surface area contributed by atoms with E-state index < -0.39 is 74.9 Å². The standard InChI is InChI=1S/C31H46ClFN4O4Si2.C31H44ClFN4O3Si2/c1-19-23(16-17-24(34-9)26(19)32)35-27(20(2)40-42(10,11)30(3,4)5)29(39)37-36-28(38)21-14-15-22(33)25(18-21)41-43(12,13)31(6,7)8;1-19-23(16-17-24(34-9)26(19)32)35-27(20(2)39-41(10,11)30(3,4)5)29-37-36-28(38-29)21-14-15-22(33)25(18-21)40-42(12,13)31(6,7)8/h14-18,20,27,35H,1-8,10-13H3,(H,36,38)(H,37,39);14-18,20,27,35H,1-8,10-13H3/t2*20-,27?/m11/s1. The van der Waals surface area contributed by atoms with Crippen LogP contribution >= 0.6 is 23.2 Å². The highest BCUT2D eigenvalue weighted by Gasteiger charge is 2.44. The van der Waals surface area contributed by atoms with Crippen LogP contribution < -0.4 is 30.3 Å². The molecule has 0 fully saturated rings. The number of carbonyl (C=O) groups is 2. The van der Waals surface area contributed by atoms with Crippen molar-refractivity contribution in [3.05, 3.63) is 128 Å². The summed E-state index contributed by atoms with van der Waals surface area (Å²) in [5, 5.41) is 15.7. The number of amides is 2. The monoisotopic (exact) mass is 1280 g/mol. The Morgan fingerprint density at radius 2 is 1.01 bits per heavy atom. The van der Waals surface area contributed by atoms with Gasteiger partial charge in [-0.2, -0.15) is 0 Å². The molecule has 4 N–H and O–H groups in total. The summed E-state index contributed by atoms with van der Waals surface area (Å²) in [6.07, 6.45) is -0.962. The Bertz CT molecular complexity index is 3300. The molecule has 0 bridgehead atoms. The van der Waals surface area contributed by atoms with E-state index in [1.165, 1.54) is 24.3 Å². The first-order chi connectivity index (χ1) is 38.7. The van der Waals surface area contributed by atoms with Crippen molar-refractivity contribution >= 4 is 91.0 Å². The Balaban J connectivity index is 0.000000364. The van der Waals surface area contributed by atoms with Gasteiger partial charge >= 0.3 is 0 Å². The molecular weight excluding hydrogens is 1190 g/mol. The fourth-order valence-electron chi connectivity index (χ4n) is 7.40. The zero-order chi connectivity index (χ0) is 65.0. The smallest absolute Gasteiger partial charge is 0.269 e. The van der Waals surface area contributed by atoms with Crippen LogP contribution in [0.1, 0.15) is 130 Å². The first kappa shape index (κ1) is 71.8. The average Bonchev–Trinajstić information content (AvgIpc) is 2.60. The van der Waals surface area contributed by atoms with Gasteiger partial charge < -0.3 is 32.8 Å². The van der Waals surface area contributed by atoms with E-state index >= 15 is 0 Å². The lowest BCUT2D eigenvalue weighted by molar-refractivity contribution is -0.124. The Hall–Kier alpha value is -5.63. The first-order valence-electron chi connectivity index (χ1n) is 28.3. The molecule has 2 unspecified atom stereocenters. The molecule has 2 amide bonds. The van der Waals surface area contributed by atoms with Gasteiger partial charge in [0.15, 0.2) is 28.3 Å². The molecule has 1 heterocycles. The van der Waals surface area contributed by atoms with E-state index in [-0.39, 0.29) is 54.2 Å². The maximum absolute atomic E-state index is 14.8. The number of nitrogens with one attached hydrogen (secondary N) is 4. The van der Waals surface area contributed by atoms with Gasteiger partial charge in [-0.05, 0) is 160 Å². The highest BCUT2D eigenvalue weighted by molar-refractivity contribution is 6.75. The third kappa shape index (κ3) is 17.8. The number of nitrogens with zero attached hydrogens (tertiary/aromatic N) is 4. The van der Waals surface area contributed by atoms with E-state index in [1.54, 1.807) is 44.2 Å². The molecule has 0 radical (unpaired) electrons. The normalized spacial score (nSPS) is 14.1. The number of hydrazine groups is 1. The van der Waals surface area contributed by atoms with Gasteiger partial charge in [-0.25, -0.2) is 18.5 Å². The Labute approximate surface area is 518 Å². The number of aromatic nitrogens is 2. The predicted octanol–water partition coefficient (Wildman–Crippen LogP) is 18.7. The van der Waals surface area contributed by atoms with Crippen molar-refractivity contribution in [3.63, 3.8) is 0 Å². The highest BCUT2D eigenvalue weighted by Crippen LogP contribution is 2.44. The molecule has 85 heavy (non-hydrogen) atoms. The largest absolute Gasteiger partial charge is 0.542 e. The number of hydrogen-bond donors (Lipinski definition) is 4. The zero-order valence-electron chi connectivity index (χ0n) is 54.2. The molecule has 0 saturated carbocycles. The number of hydrogen-bond acceptors (Lipinski definition) is 11.